The third-order valence-corrected chi connectivity index (χ3v) is 2.35. The van der Waals surface area contributed by atoms with Gasteiger partial charge in [0.2, 0.25) is 5.95 Å². The Hall–Kier alpha value is -2.70. The molecule has 92 valence electrons. The summed E-state index contributed by atoms with van der Waals surface area (Å²) in [5.41, 5.74) is -0.376. The maximum atomic E-state index is 11.6. The molecule has 0 saturated carbocycles. The molecule has 0 aromatic carbocycles. The lowest BCUT2D eigenvalue weighted by Crippen LogP contribution is -2.42. The largest absolute Gasteiger partial charge is 0.478 e. The SMILES string of the molecule is C=c1c(=O)[nH]c(-n2cc(C(=O)O)cn2)n/c1=C/C. The molecule has 0 fully saturated rings. The summed E-state index contributed by atoms with van der Waals surface area (Å²) < 4.78 is 1.19. The zero-order valence-electron chi connectivity index (χ0n) is 9.54. The van der Waals surface area contributed by atoms with Gasteiger partial charge in [0.05, 0.1) is 22.3 Å². The van der Waals surface area contributed by atoms with Crippen LogP contribution in [-0.4, -0.2) is 30.8 Å². The molecular formula is C11H10N4O3. The monoisotopic (exact) mass is 246 g/mol. The van der Waals surface area contributed by atoms with Crippen LogP contribution >= 0.6 is 0 Å². The van der Waals surface area contributed by atoms with Crippen molar-refractivity contribution in [2.45, 2.75) is 6.92 Å². The average molecular weight is 246 g/mol. The highest BCUT2D eigenvalue weighted by molar-refractivity contribution is 5.86. The molecule has 0 unspecified atom stereocenters. The summed E-state index contributed by atoms with van der Waals surface area (Å²) in [4.78, 5) is 28.9. The Morgan fingerprint density at radius 3 is 2.89 bits per heavy atom. The van der Waals surface area contributed by atoms with Gasteiger partial charge >= 0.3 is 5.97 Å². The van der Waals surface area contributed by atoms with Crippen LogP contribution in [0.2, 0.25) is 0 Å². The van der Waals surface area contributed by atoms with E-state index in [1.807, 2.05) is 0 Å². The van der Waals surface area contributed by atoms with Crippen LogP contribution < -0.4 is 16.1 Å². The van der Waals surface area contributed by atoms with Crippen molar-refractivity contribution in [2.75, 3.05) is 0 Å². The van der Waals surface area contributed by atoms with E-state index in [-0.39, 0.29) is 22.3 Å². The second-order valence-corrected chi connectivity index (χ2v) is 3.52. The summed E-state index contributed by atoms with van der Waals surface area (Å²) in [6.07, 6.45) is 4.08. The number of nitrogens with one attached hydrogen (secondary N) is 1. The molecule has 2 aromatic heterocycles. The van der Waals surface area contributed by atoms with Crippen LogP contribution in [0, 0.1) is 0 Å². The van der Waals surface area contributed by atoms with Crippen molar-refractivity contribution in [2.24, 2.45) is 0 Å². The van der Waals surface area contributed by atoms with Gasteiger partial charge in [-0.25, -0.2) is 14.5 Å². The van der Waals surface area contributed by atoms with Crippen molar-refractivity contribution in [3.63, 3.8) is 0 Å². The molecule has 2 heterocycles. The summed E-state index contributed by atoms with van der Waals surface area (Å²) in [6, 6.07) is 0. The van der Waals surface area contributed by atoms with E-state index in [1.165, 1.54) is 17.1 Å². The molecule has 0 aliphatic rings. The van der Waals surface area contributed by atoms with Gasteiger partial charge in [0.1, 0.15) is 0 Å². The minimum Gasteiger partial charge on any atom is -0.478 e. The fourth-order valence-corrected chi connectivity index (χ4v) is 1.40. The van der Waals surface area contributed by atoms with E-state index in [9.17, 15) is 9.59 Å². The van der Waals surface area contributed by atoms with Crippen molar-refractivity contribution >= 4 is 18.6 Å². The zero-order chi connectivity index (χ0) is 13.3. The van der Waals surface area contributed by atoms with E-state index in [0.717, 1.165) is 0 Å². The summed E-state index contributed by atoms with van der Waals surface area (Å²) >= 11 is 0. The number of nitrogens with zero attached hydrogens (tertiary/aromatic N) is 3. The van der Waals surface area contributed by atoms with Crippen LogP contribution in [0.1, 0.15) is 17.3 Å². The van der Waals surface area contributed by atoms with Crippen LogP contribution in [0.25, 0.3) is 18.6 Å². The van der Waals surface area contributed by atoms with E-state index < -0.39 is 5.97 Å². The molecule has 0 saturated heterocycles. The molecule has 7 nitrogen and oxygen atoms in total. The molecule has 0 aliphatic heterocycles. The molecule has 0 spiro atoms. The Bertz CT molecular complexity index is 772. The second kappa shape index (κ2) is 4.28. The second-order valence-electron chi connectivity index (χ2n) is 3.52. The van der Waals surface area contributed by atoms with Gasteiger partial charge in [-0.15, -0.1) is 0 Å². The standard InChI is InChI=1S/C11H10N4O3/c1-3-8-6(2)9(16)14-11(13-8)15-5-7(4-12-15)10(17)18/h3-5H,2H2,1H3,(H,17,18)(H,13,14,16)/b8-3+. The number of aromatic carboxylic acids is 1. The highest BCUT2D eigenvalue weighted by Crippen LogP contribution is 2.00. The molecular weight excluding hydrogens is 236 g/mol. The first-order valence-corrected chi connectivity index (χ1v) is 5.07. The van der Waals surface area contributed by atoms with Gasteiger partial charge in [-0.3, -0.25) is 9.78 Å². The predicted molar refractivity (Wildman–Crippen MR) is 63.9 cm³/mol. The average Bonchev–Trinajstić information content (AvgIpc) is 2.82. The fourth-order valence-electron chi connectivity index (χ4n) is 1.40. The van der Waals surface area contributed by atoms with Crippen LogP contribution in [0.4, 0.5) is 0 Å². The molecule has 2 rings (SSSR count). The van der Waals surface area contributed by atoms with Gasteiger partial charge in [-0.05, 0) is 6.92 Å². The van der Waals surface area contributed by atoms with Crippen molar-refractivity contribution < 1.29 is 9.90 Å². The van der Waals surface area contributed by atoms with Crippen LogP contribution in [0.3, 0.4) is 0 Å². The van der Waals surface area contributed by atoms with Crippen molar-refractivity contribution in [1.29, 1.82) is 0 Å². The lowest BCUT2D eigenvalue weighted by Gasteiger charge is -1.99. The molecule has 7 heteroatoms. The van der Waals surface area contributed by atoms with E-state index >= 15 is 0 Å². The molecule has 0 aliphatic carbocycles. The van der Waals surface area contributed by atoms with Crippen molar-refractivity contribution in [3.8, 4) is 5.95 Å². The maximum absolute atomic E-state index is 11.6. The number of carboxylic acids is 1. The number of carbonyl (C=O) groups is 1. The Morgan fingerprint density at radius 1 is 1.61 bits per heavy atom. The van der Waals surface area contributed by atoms with Crippen LogP contribution in [0.5, 0.6) is 0 Å². The number of aromatic nitrogens is 4. The van der Waals surface area contributed by atoms with Crippen LogP contribution in [0.15, 0.2) is 17.2 Å². The van der Waals surface area contributed by atoms with Gasteiger partial charge in [0.25, 0.3) is 5.56 Å². The van der Waals surface area contributed by atoms with Gasteiger partial charge in [-0.2, -0.15) is 5.10 Å². The summed E-state index contributed by atoms with van der Waals surface area (Å²) in [5, 5.41) is 13.3. The molecule has 0 amide bonds. The smallest absolute Gasteiger partial charge is 0.338 e. The Labute approximate surface area is 101 Å². The number of hydrogen-bond acceptors (Lipinski definition) is 4. The zero-order valence-corrected chi connectivity index (χ0v) is 9.54. The lowest BCUT2D eigenvalue weighted by molar-refractivity contribution is 0.0697. The molecule has 2 aromatic rings. The summed E-state index contributed by atoms with van der Waals surface area (Å²) in [6.45, 7) is 5.33. The molecule has 2 N–H and O–H groups in total. The third kappa shape index (κ3) is 1.93. The first-order chi connectivity index (χ1) is 8.52. The first kappa shape index (κ1) is 11.8. The van der Waals surface area contributed by atoms with E-state index in [2.05, 4.69) is 21.6 Å². The van der Waals surface area contributed by atoms with Crippen LogP contribution in [-0.2, 0) is 0 Å². The third-order valence-electron chi connectivity index (χ3n) is 2.35. The lowest BCUT2D eigenvalue weighted by atomic mass is 10.4. The molecule has 0 atom stereocenters. The molecule has 0 radical (unpaired) electrons. The normalized spacial score (nSPS) is 11.7. The minimum absolute atomic E-state index is 0.0124. The first-order valence-electron chi connectivity index (χ1n) is 5.07. The number of hydrogen-bond donors (Lipinski definition) is 2. The van der Waals surface area contributed by atoms with Gasteiger partial charge < -0.3 is 5.11 Å². The Balaban J connectivity index is 2.65. The highest BCUT2D eigenvalue weighted by atomic mass is 16.4. The summed E-state index contributed by atoms with van der Waals surface area (Å²) in [5.74, 6) is -0.951. The van der Waals surface area contributed by atoms with Gasteiger partial charge in [-0.1, -0.05) is 12.7 Å². The molecule has 0 bridgehead atoms. The Morgan fingerprint density at radius 2 is 2.33 bits per heavy atom. The minimum atomic E-state index is -1.10. The topological polar surface area (TPSA) is 101 Å². The number of H-pyrrole nitrogens is 1. The van der Waals surface area contributed by atoms with Gasteiger partial charge in [0.15, 0.2) is 0 Å². The summed E-state index contributed by atoms with van der Waals surface area (Å²) in [7, 11) is 0. The maximum Gasteiger partial charge on any atom is 0.338 e. The quantitative estimate of drug-likeness (QED) is 0.698. The number of aromatic amines is 1. The molecule has 18 heavy (non-hydrogen) atoms. The van der Waals surface area contributed by atoms with E-state index in [4.69, 9.17) is 5.11 Å². The van der Waals surface area contributed by atoms with E-state index in [1.54, 1.807) is 13.0 Å². The number of carboxylic acid groups (broad SMARTS) is 1. The predicted octanol–water partition coefficient (Wildman–Crippen LogP) is -1.14. The van der Waals surface area contributed by atoms with E-state index in [0.29, 0.717) is 5.35 Å². The number of rotatable bonds is 2. The highest BCUT2D eigenvalue weighted by Gasteiger charge is 2.08. The van der Waals surface area contributed by atoms with Crippen molar-refractivity contribution in [3.05, 3.63) is 38.9 Å². The Kier molecular flexibility index (Phi) is 2.80. The fraction of sp³-hybridized carbons (Fsp3) is 0.0909. The van der Waals surface area contributed by atoms with Gasteiger partial charge in [0, 0.05) is 6.20 Å². The van der Waals surface area contributed by atoms with Crippen molar-refractivity contribution in [1.82, 2.24) is 19.7 Å².